The van der Waals surface area contributed by atoms with E-state index >= 15 is 0 Å². The van der Waals surface area contributed by atoms with Gasteiger partial charge in [-0.25, -0.2) is 4.79 Å². The summed E-state index contributed by atoms with van der Waals surface area (Å²) < 4.78 is 0.716. The van der Waals surface area contributed by atoms with Crippen LogP contribution in [0.4, 0.5) is 4.79 Å². The summed E-state index contributed by atoms with van der Waals surface area (Å²) in [5.74, 6) is -0.272. The highest BCUT2D eigenvalue weighted by Crippen LogP contribution is 2.31. The van der Waals surface area contributed by atoms with Gasteiger partial charge in [0.1, 0.15) is 5.69 Å². The topological polar surface area (TPSA) is 85.1 Å². The van der Waals surface area contributed by atoms with Crippen molar-refractivity contribution < 1.29 is 14.7 Å². The van der Waals surface area contributed by atoms with Crippen LogP contribution in [0, 0.1) is 0 Å². The minimum Gasteiger partial charge on any atom is -0.463 e. The van der Waals surface area contributed by atoms with Gasteiger partial charge in [0.25, 0.3) is 0 Å². The molecule has 2 heterocycles. The van der Waals surface area contributed by atoms with E-state index in [1.807, 2.05) is 6.07 Å². The normalized spacial score (nSPS) is 13.1. The van der Waals surface area contributed by atoms with Gasteiger partial charge in [0.15, 0.2) is 5.78 Å². The average molecular weight is 229 g/mol. The van der Waals surface area contributed by atoms with Crippen LogP contribution < -0.4 is 0 Å². The molecule has 3 rings (SSSR count). The van der Waals surface area contributed by atoms with E-state index in [0.29, 0.717) is 15.9 Å². The largest absolute Gasteiger partial charge is 0.463 e. The first kappa shape index (κ1) is 9.71. The lowest BCUT2D eigenvalue weighted by atomic mass is 9.93. The Morgan fingerprint density at radius 2 is 2.24 bits per heavy atom. The summed E-state index contributed by atoms with van der Waals surface area (Å²) in [6, 6.07) is 3.55. The van der Waals surface area contributed by atoms with Crippen molar-refractivity contribution >= 4 is 11.9 Å². The number of hydrogen-bond donors (Lipinski definition) is 1. The number of carbonyl (C=O) groups excluding carboxylic acids is 1. The summed E-state index contributed by atoms with van der Waals surface area (Å²) in [6.07, 6.45) is 1.86. The fourth-order valence-corrected chi connectivity index (χ4v) is 2.02. The maximum absolute atomic E-state index is 11.9. The molecular weight excluding hydrogens is 222 g/mol. The maximum atomic E-state index is 11.9. The molecule has 2 aromatic rings. The van der Waals surface area contributed by atoms with Gasteiger partial charge in [-0.05, 0) is 6.07 Å². The molecule has 6 heteroatoms. The molecule has 84 valence electrons. The molecule has 1 aliphatic rings. The molecule has 0 aromatic carbocycles. The number of Topliss-reactive ketones (excluding diaryl/α,β-unsaturated/α-hetero) is 1. The quantitative estimate of drug-likeness (QED) is 0.733. The maximum Gasteiger partial charge on any atom is 0.432 e. The summed E-state index contributed by atoms with van der Waals surface area (Å²) in [6.45, 7) is 0. The minimum atomic E-state index is -1.26. The summed E-state index contributed by atoms with van der Waals surface area (Å²) >= 11 is 0. The molecule has 0 unspecified atom stereocenters. The van der Waals surface area contributed by atoms with Crippen LogP contribution in [-0.4, -0.2) is 31.7 Å². The predicted octanol–water partition coefficient (Wildman–Crippen LogP) is 1.21. The lowest BCUT2D eigenvalue weighted by Gasteiger charge is -2.14. The van der Waals surface area contributed by atoms with E-state index in [-0.39, 0.29) is 17.9 Å². The van der Waals surface area contributed by atoms with Crippen molar-refractivity contribution in [2.45, 2.75) is 6.42 Å². The number of aromatic nitrogens is 3. The second kappa shape index (κ2) is 3.24. The van der Waals surface area contributed by atoms with E-state index in [4.69, 9.17) is 5.11 Å². The van der Waals surface area contributed by atoms with Crippen LogP contribution in [0.5, 0.6) is 0 Å². The Bertz CT molecular complexity index is 645. The second-order valence-electron chi connectivity index (χ2n) is 3.70. The molecule has 0 amide bonds. The first-order chi connectivity index (χ1) is 8.18. The fraction of sp³-hybridized carbons (Fsp3) is 0.0909. The van der Waals surface area contributed by atoms with E-state index in [9.17, 15) is 9.59 Å². The number of carbonyl (C=O) groups is 2. The van der Waals surface area contributed by atoms with Gasteiger partial charge in [-0.2, -0.15) is 9.78 Å². The smallest absolute Gasteiger partial charge is 0.432 e. The standard InChI is InChI=1S/C11H7N3O3/c15-9-4-8-6(2-1-3-12-8)7-5-13-14(10(7)9)11(16)17/h1-3,5H,4H2,(H,16,17). The van der Waals surface area contributed by atoms with Gasteiger partial charge in [0.2, 0.25) is 0 Å². The number of fused-ring (bicyclic) bond motifs is 3. The Kier molecular flexibility index (Phi) is 1.85. The third-order valence-corrected chi connectivity index (χ3v) is 2.72. The Labute approximate surface area is 95.5 Å². The molecule has 0 radical (unpaired) electrons. The van der Waals surface area contributed by atoms with Crippen molar-refractivity contribution in [3.05, 3.63) is 35.9 Å². The van der Waals surface area contributed by atoms with Crippen molar-refractivity contribution in [3.63, 3.8) is 0 Å². The number of nitrogens with zero attached hydrogens (tertiary/aromatic N) is 3. The van der Waals surface area contributed by atoms with Gasteiger partial charge in [0.05, 0.1) is 18.3 Å². The molecule has 0 spiro atoms. The molecule has 0 saturated heterocycles. The van der Waals surface area contributed by atoms with Crippen LogP contribution >= 0.6 is 0 Å². The highest BCUT2D eigenvalue weighted by atomic mass is 16.4. The van der Waals surface area contributed by atoms with Gasteiger partial charge in [-0.15, -0.1) is 0 Å². The molecular formula is C11H7N3O3. The first-order valence-electron chi connectivity index (χ1n) is 4.97. The van der Waals surface area contributed by atoms with E-state index in [0.717, 1.165) is 5.56 Å². The first-order valence-corrected chi connectivity index (χ1v) is 4.97. The Balaban J connectivity index is 2.31. The average Bonchev–Trinajstić information content (AvgIpc) is 2.74. The fourth-order valence-electron chi connectivity index (χ4n) is 2.02. The number of hydrogen-bond acceptors (Lipinski definition) is 4. The van der Waals surface area contributed by atoms with Crippen LogP contribution in [0.25, 0.3) is 11.1 Å². The zero-order chi connectivity index (χ0) is 12.0. The summed E-state index contributed by atoms with van der Waals surface area (Å²) in [7, 11) is 0. The molecule has 0 aliphatic heterocycles. The summed E-state index contributed by atoms with van der Waals surface area (Å²) in [5.41, 5.74) is 2.09. The molecule has 0 fully saturated rings. The lowest BCUT2D eigenvalue weighted by Crippen LogP contribution is -2.21. The third kappa shape index (κ3) is 1.27. The van der Waals surface area contributed by atoms with Gasteiger partial charge in [0, 0.05) is 17.3 Å². The number of rotatable bonds is 0. The highest BCUT2D eigenvalue weighted by molar-refractivity contribution is 6.07. The molecule has 0 bridgehead atoms. The van der Waals surface area contributed by atoms with Crippen molar-refractivity contribution in [1.29, 1.82) is 0 Å². The molecule has 2 aromatic heterocycles. The van der Waals surface area contributed by atoms with Gasteiger partial charge in [-0.3, -0.25) is 9.78 Å². The molecule has 1 N–H and O–H groups in total. The predicted molar refractivity (Wildman–Crippen MR) is 56.9 cm³/mol. The Hall–Kier alpha value is -2.50. The second-order valence-corrected chi connectivity index (χ2v) is 3.70. The van der Waals surface area contributed by atoms with Crippen molar-refractivity contribution in [2.24, 2.45) is 0 Å². The van der Waals surface area contributed by atoms with Gasteiger partial charge < -0.3 is 5.11 Å². The Morgan fingerprint density at radius 3 is 3.00 bits per heavy atom. The van der Waals surface area contributed by atoms with Gasteiger partial charge >= 0.3 is 6.09 Å². The molecule has 1 aliphatic carbocycles. The van der Waals surface area contributed by atoms with Gasteiger partial charge in [-0.1, -0.05) is 6.07 Å². The Morgan fingerprint density at radius 1 is 1.41 bits per heavy atom. The molecule has 0 atom stereocenters. The number of carboxylic acid groups (broad SMARTS) is 1. The zero-order valence-electron chi connectivity index (χ0n) is 8.62. The lowest BCUT2D eigenvalue weighted by molar-refractivity contribution is 0.0978. The SMILES string of the molecule is O=C1Cc2ncccc2-c2cnn(C(=O)O)c21. The monoisotopic (exact) mass is 229 g/mol. The van der Waals surface area contributed by atoms with Crippen molar-refractivity contribution in [3.8, 4) is 11.1 Å². The van der Waals surface area contributed by atoms with E-state index in [1.165, 1.54) is 6.20 Å². The van der Waals surface area contributed by atoms with Crippen LogP contribution in [0.2, 0.25) is 0 Å². The van der Waals surface area contributed by atoms with E-state index < -0.39 is 6.09 Å². The van der Waals surface area contributed by atoms with Crippen LogP contribution in [0.3, 0.4) is 0 Å². The zero-order valence-corrected chi connectivity index (χ0v) is 8.62. The minimum absolute atomic E-state index is 0.113. The molecule has 17 heavy (non-hydrogen) atoms. The van der Waals surface area contributed by atoms with E-state index in [2.05, 4.69) is 10.1 Å². The highest BCUT2D eigenvalue weighted by Gasteiger charge is 2.29. The van der Waals surface area contributed by atoms with Crippen LogP contribution in [-0.2, 0) is 6.42 Å². The summed E-state index contributed by atoms with van der Waals surface area (Å²) in [5, 5.41) is 12.6. The van der Waals surface area contributed by atoms with Crippen LogP contribution in [0.1, 0.15) is 16.2 Å². The summed E-state index contributed by atoms with van der Waals surface area (Å²) in [4.78, 5) is 26.9. The number of ketones is 1. The molecule has 0 saturated carbocycles. The van der Waals surface area contributed by atoms with Crippen LogP contribution in [0.15, 0.2) is 24.5 Å². The van der Waals surface area contributed by atoms with Crippen molar-refractivity contribution in [2.75, 3.05) is 0 Å². The van der Waals surface area contributed by atoms with E-state index in [1.54, 1.807) is 12.3 Å². The molecule has 6 nitrogen and oxygen atoms in total. The van der Waals surface area contributed by atoms with Crippen molar-refractivity contribution in [1.82, 2.24) is 14.8 Å². The number of pyridine rings is 1. The third-order valence-electron chi connectivity index (χ3n) is 2.72.